The average Bonchev–Trinajstić information content (AvgIpc) is 3.44. The van der Waals surface area contributed by atoms with Crippen molar-refractivity contribution in [3.8, 4) is 0 Å². The van der Waals surface area contributed by atoms with E-state index in [-0.39, 0.29) is 24.2 Å². The zero-order chi connectivity index (χ0) is 21.1. The van der Waals surface area contributed by atoms with Crippen molar-refractivity contribution in [1.29, 1.82) is 0 Å². The van der Waals surface area contributed by atoms with Crippen LogP contribution in [-0.4, -0.2) is 22.9 Å². The summed E-state index contributed by atoms with van der Waals surface area (Å²) in [5.74, 6) is -0.393. The van der Waals surface area contributed by atoms with Crippen LogP contribution in [0.4, 0.5) is 0 Å². The molecule has 4 aromatic rings. The molecule has 2 aliphatic rings. The first-order valence-electron chi connectivity index (χ1n) is 10.5. The normalized spacial score (nSPS) is 18.2. The Morgan fingerprint density at radius 2 is 1.72 bits per heavy atom. The van der Waals surface area contributed by atoms with E-state index < -0.39 is 0 Å². The van der Waals surface area contributed by atoms with Gasteiger partial charge in [-0.05, 0) is 37.4 Å². The van der Waals surface area contributed by atoms with Gasteiger partial charge in [0.1, 0.15) is 5.58 Å². The average molecular weight is 448 g/mol. The molecular formula is C25H22ClN3O3. The van der Waals surface area contributed by atoms with Crippen LogP contribution in [0.3, 0.4) is 0 Å². The predicted molar refractivity (Wildman–Crippen MR) is 126 cm³/mol. The minimum Gasteiger partial charge on any atom is -0.464 e. The van der Waals surface area contributed by atoms with E-state index in [4.69, 9.17) is 10.2 Å². The maximum absolute atomic E-state index is 13.2. The molecule has 0 spiro atoms. The highest BCUT2D eigenvalue weighted by atomic mass is 35.5. The van der Waals surface area contributed by atoms with Gasteiger partial charge in [0.15, 0.2) is 0 Å². The number of halogens is 1. The molecule has 162 valence electrons. The van der Waals surface area contributed by atoms with Crippen LogP contribution in [0.5, 0.6) is 0 Å². The van der Waals surface area contributed by atoms with Gasteiger partial charge in [-0.2, -0.15) is 0 Å². The number of hydrogen-bond acceptors (Lipinski definition) is 4. The Morgan fingerprint density at radius 1 is 1.00 bits per heavy atom. The van der Waals surface area contributed by atoms with Crippen molar-refractivity contribution in [3.63, 3.8) is 0 Å². The number of carbonyl (C=O) groups is 2. The summed E-state index contributed by atoms with van der Waals surface area (Å²) < 4.78 is 7.98. The van der Waals surface area contributed by atoms with Gasteiger partial charge in [-0.15, -0.1) is 12.4 Å². The number of carbonyl (C=O) groups excluding carboxylic acids is 2. The van der Waals surface area contributed by atoms with E-state index in [1.165, 1.54) is 0 Å². The van der Waals surface area contributed by atoms with Crippen molar-refractivity contribution >= 4 is 57.2 Å². The molecule has 0 radical (unpaired) electrons. The lowest BCUT2D eigenvalue weighted by molar-refractivity contribution is -0.122. The van der Waals surface area contributed by atoms with Crippen molar-refractivity contribution < 1.29 is 14.0 Å². The van der Waals surface area contributed by atoms with Crippen molar-refractivity contribution in [1.82, 2.24) is 9.88 Å². The molecule has 0 saturated heterocycles. The Kier molecular flexibility index (Phi) is 4.92. The highest BCUT2D eigenvalue weighted by molar-refractivity contribution is 6.51. The van der Waals surface area contributed by atoms with Crippen LogP contribution >= 0.6 is 12.4 Å². The number of nitrogens with one attached hydrogen (secondary N) is 1. The van der Waals surface area contributed by atoms with E-state index in [1.807, 2.05) is 42.5 Å². The number of benzene rings is 2. The lowest BCUT2D eigenvalue weighted by Gasteiger charge is -2.24. The SMILES string of the molecule is Cl.NCC1CCn2c(c(C3=C(c4coc5ccccc45)C(=O)NC3=O)c3ccccc32)C1. The predicted octanol–water partition coefficient (Wildman–Crippen LogP) is 3.90. The summed E-state index contributed by atoms with van der Waals surface area (Å²) in [7, 11) is 0. The molecule has 0 saturated carbocycles. The molecule has 6 nitrogen and oxygen atoms in total. The molecule has 3 N–H and O–H groups in total. The Morgan fingerprint density at radius 3 is 2.53 bits per heavy atom. The zero-order valence-electron chi connectivity index (χ0n) is 17.3. The fraction of sp³-hybridized carbons (Fsp3) is 0.200. The summed E-state index contributed by atoms with van der Waals surface area (Å²) in [6.45, 7) is 1.45. The summed E-state index contributed by atoms with van der Waals surface area (Å²) in [4.78, 5) is 26.1. The molecule has 2 aromatic carbocycles. The lowest BCUT2D eigenvalue weighted by atomic mass is 9.89. The van der Waals surface area contributed by atoms with E-state index in [9.17, 15) is 9.59 Å². The van der Waals surface area contributed by atoms with Crippen molar-refractivity contribution in [2.75, 3.05) is 6.54 Å². The second-order valence-corrected chi connectivity index (χ2v) is 8.26. The van der Waals surface area contributed by atoms with E-state index >= 15 is 0 Å². The Bertz CT molecular complexity index is 1430. The first kappa shape index (κ1) is 20.5. The Labute approximate surface area is 190 Å². The van der Waals surface area contributed by atoms with Crippen LogP contribution in [0.25, 0.3) is 33.0 Å². The fourth-order valence-corrected chi connectivity index (χ4v) is 5.11. The van der Waals surface area contributed by atoms with Gasteiger partial charge < -0.3 is 14.7 Å². The minimum atomic E-state index is -0.387. The number of fused-ring (bicyclic) bond motifs is 4. The van der Waals surface area contributed by atoms with Gasteiger partial charge in [0.25, 0.3) is 11.8 Å². The third-order valence-corrected chi connectivity index (χ3v) is 6.59. The van der Waals surface area contributed by atoms with E-state index in [1.54, 1.807) is 6.26 Å². The fourth-order valence-electron chi connectivity index (χ4n) is 5.11. The first-order valence-corrected chi connectivity index (χ1v) is 10.5. The molecule has 32 heavy (non-hydrogen) atoms. The van der Waals surface area contributed by atoms with Crippen LogP contribution < -0.4 is 11.1 Å². The molecule has 0 aliphatic carbocycles. The van der Waals surface area contributed by atoms with Gasteiger partial charge in [0, 0.05) is 39.7 Å². The van der Waals surface area contributed by atoms with Gasteiger partial charge in [-0.25, -0.2) is 0 Å². The van der Waals surface area contributed by atoms with Crippen molar-refractivity contribution in [2.45, 2.75) is 19.4 Å². The minimum absolute atomic E-state index is 0. The molecule has 2 amide bonds. The second-order valence-electron chi connectivity index (χ2n) is 8.26. The van der Waals surface area contributed by atoms with Crippen LogP contribution in [0.15, 0.2) is 59.2 Å². The Hall–Kier alpha value is -3.35. The standard InChI is InChI=1S/C25H21N3O3.ClH/c26-12-14-9-10-28-18-7-3-1-6-16(18)21(19(28)11-14)23-22(24(29)27-25(23)30)17-13-31-20-8-4-2-5-15(17)20;/h1-8,13-14H,9-12,26H2,(H,27,29,30);1H. The molecule has 2 aromatic heterocycles. The maximum Gasteiger partial charge on any atom is 0.259 e. The van der Waals surface area contributed by atoms with Crippen LogP contribution in [-0.2, 0) is 22.6 Å². The van der Waals surface area contributed by atoms with E-state index in [2.05, 4.69) is 16.0 Å². The quantitative estimate of drug-likeness (QED) is 0.466. The largest absolute Gasteiger partial charge is 0.464 e. The number of para-hydroxylation sites is 2. The van der Waals surface area contributed by atoms with Crippen LogP contribution in [0.1, 0.15) is 23.2 Å². The molecule has 0 bridgehead atoms. The number of furan rings is 1. The van der Waals surface area contributed by atoms with Crippen molar-refractivity contribution in [2.24, 2.45) is 11.7 Å². The van der Waals surface area contributed by atoms with Crippen molar-refractivity contribution in [3.05, 3.63) is 71.6 Å². The zero-order valence-corrected chi connectivity index (χ0v) is 18.1. The molecule has 0 fully saturated rings. The van der Waals surface area contributed by atoms with Gasteiger partial charge in [0.2, 0.25) is 0 Å². The number of aryl methyl sites for hydroxylation is 1. The van der Waals surface area contributed by atoms with Crippen LogP contribution in [0, 0.1) is 5.92 Å². The first-order chi connectivity index (χ1) is 15.2. The summed E-state index contributed by atoms with van der Waals surface area (Å²) in [6, 6.07) is 15.6. The number of hydrogen-bond donors (Lipinski definition) is 2. The molecule has 1 atom stereocenters. The number of rotatable bonds is 3. The molecule has 7 heteroatoms. The smallest absolute Gasteiger partial charge is 0.259 e. The summed E-state index contributed by atoms with van der Waals surface area (Å²) in [5.41, 5.74) is 11.1. The molecule has 6 rings (SSSR count). The molecule has 4 heterocycles. The summed E-state index contributed by atoms with van der Waals surface area (Å²) in [6.07, 6.45) is 3.36. The summed E-state index contributed by atoms with van der Waals surface area (Å²) in [5, 5.41) is 4.33. The van der Waals surface area contributed by atoms with Gasteiger partial charge >= 0.3 is 0 Å². The number of nitrogens with two attached hydrogens (primary N) is 1. The maximum atomic E-state index is 13.2. The van der Waals surface area contributed by atoms with E-state index in [0.29, 0.717) is 34.8 Å². The van der Waals surface area contributed by atoms with E-state index in [0.717, 1.165) is 46.9 Å². The monoisotopic (exact) mass is 447 g/mol. The second kappa shape index (κ2) is 7.65. The Balaban J connectivity index is 0.00000216. The number of aromatic nitrogens is 1. The van der Waals surface area contributed by atoms with Crippen LogP contribution in [0.2, 0.25) is 0 Å². The third kappa shape index (κ3) is 2.83. The van der Waals surface area contributed by atoms with Gasteiger partial charge in [-0.3, -0.25) is 14.9 Å². The highest BCUT2D eigenvalue weighted by Crippen LogP contribution is 2.42. The molecular weight excluding hydrogens is 426 g/mol. The number of nitrogens with zero attached hydrogens (tertiary/aromatic N) is 1. The number of imide groups is 1. The number of amides is 2. The highest BCUT2D eigenvalue weighted by Gasteiger charge is 2.38. The molecule has 2 aliphatic heterocycles. The lowest BCUT2D eigenvalue weighted by Crippen LogP contribution is -2.26. The third-order valence-electron chi connectivity index (χ3n) is 6.59. The topological polar surface area (TPSA) is 90.3 Å². The van der Waals surface area contributed by atoms with Gasteiger partial charge in [-0.1, -0.05) is 36.4 Å². The summed E-state index contributed by atoms with van der Waals surface area (Å²) >= 11 is 0. The van der Waals surface area contributed by atoms with Gasteiger partial charge in [0.05, 0.1) is 17.4 Å². The molecule has 1 unspecified atom stereocenters.